The topological polar surface area (TPSA) is 12.0 Å². The maximum atomic E-state index is 3.54. The van der Waals surface area contributed by atoms with Gasteiger partial charge in [0.15, 0.2) is 0 Å². The summed E-state index contributed by atoms with van der Waals surface area (Å²) in [5.41, 5.74) is 5.32. The van der Waals surface area contributed by atoms with E-state index >= 15 is 0 Å². The average Bonchev–Trinajstić information content (AvgIpc) is 2.35. The van der Waals surface area contributed by atoms with Gasteiger partial charge in [0.1, 0.15) is 0 Å². The van der Waals surface area contributed by atoms with Crippen LogP contribution >= 0.6 is 15.9 Å². The second-order valence-corrected chi connectivity index (χ2v) is 5.48. The summed E-state index contributed by atoms with van der Waals surface area (Å²) in [4.78, 5) is 0. The van der Waals surface area contributed by atoms with Gasteiger partial charge in [-0.2, -0.15) is 0 Å². The van der Waals surface area contributed by atoms with Crippen LogP contribution in [0.25, 0.3) is 0 Å². The van der Waals surface area contributed by atoms with Crippen LogP contribution in [0.1, 0.15) is 28.3 Å². The van der Waals surface area contributed by atoms with E-state index in [1.54, 1.807) is 0 Å². The summed E-state index contributed by atoms with van der Waals surface area (Å²) >= 11 is 3.54. The molecular formula is C16H18BrN. The molecule has 2 aromatic rings. The van der Waals surface area contributed by atoms with Gasteiger partial charge in [-0.15, -0.1) is 0 Å². The van der Waals surface area contributed by atoms with E-state index in [1.807, 2.05) is 7.05 Å². The second kappa shape index (κ2) is 5.68. The van der Waals surface area contributed by atoms with E-state index in [9.17, 15) is 0 Å². The van der Waals surface area contributed by atoms with Crippen LogP contribution in [0.4, 0.5) is 0 Å². The summed E-state index contributed by atoms with van der Waals surface area (Å²) in [6, 6.07) is 15.2. The van der Waals surface area contributed by atoms with Gasteiger partial charge >= 0.3 is 0 Å². The van der Waals surface area contributed by atoms with Crippen LogP contribution in [0.2, 0.25) is 0 Å². The Bertz CT molecular complexity index is 549. The maximum Gasteiger partial charge on any atom is 0.0577 e. The SMILES string of the molecule is CNC(c1cccc(Br)c1)c1cccc(C)c1C. The molecule has 1 nitrogen and oxygen atoms in total. The Balaban J connectivity index is 2.49. The van der Waals surface area contributed by atoms with Crippen LogP contribution < -0.4 is 5.32 Å². The number of halogens is 1. The number of benzene rings is 2. The molecule has 1 N–H and O–H groups in total. The molecule has 0 aliphatic rings. The fourth-order valence-corrected chi connectivity index (χ4v) is 2.69. The standard InChI is InChI=1S/C16H18BrN/c1-11-6-4-9-15(12(11)2)16(18-3)13-7-5-8-14(17)10-13/h4-10,16,18H,1-3H3. The number of hydrogen-bond donors (Lipinski definition) is 1. The minimum Gasteiger partial charge on any atom is -0.309 e. The first-order valence-corrected chi connectivity index (χ1v) is 6.91. The van der Waals surface area contributed by atoms with Gasteiger partial charge in [-0.1, -0.05) is 46.3 Å². The normalized spacial score (nSPS) is 12.4. The minimum atomic E-state index is 0.238. The number of aryl methyl sites for hydroxylation is 1. The van der Waals surface area contributed by atoms with Gasteiger partial charge in [0.25, 0.3) is 0 Å². The summed E-state index contributed by atoms with van der Waals surface area (Å²) in [6.45, 7) is 4.35. The van der Waals surface area contributed by atoms with Crippen molar-refractivity contribution >= 4 is 15.9 Å². The largest absolute Gasteiger partial charge is 0.309 e. The Labute approximate surface area is 117 Å². The molecule has 0 bridgehead atoms. The highest BCUT2D eigenvalue weighted by Crippen LogP contribution is 2.27. The molecule has 0 saturated heterocycles. The van der Waals surface area contributed by atoms with Gasteiger partial charge in [-0.05, 0) is 55.3 Å². The maximum absolute atomic E-state index is 3.54. The lowest BCUT2D eigenvalue weighted by molar-refractivity contribution is 0.686. The smallest absolute Gasteiger partial charge is 0.0577 e. The summed E-state index contributed by atoms with van der Waals surface area (Å²) in [7, 11) is 2.01. The van der Waals surface area contributed by atoms with Gasteiger partial charge in [0.2, 0.25) is 0 Å². The summed E-state index contributed by atoms with van der Waals surface area (Å²) in [5.74, 6) is 0. The molecule has 0 amide bonds. The molecule has 2 rings (SSSR count). The highest BCUT2D eigenvalue weighted by atomic mass is 79.9. The molecule has 18 heavy (non-hydrogen) atoms. The molecule has 2 aromatic carbocycles. The van der Waals surface area contributed by atoms with Crippen LogP contribution in [-0.2, 0) is 0 Å². The van der Waals surface area contributed by atoms with Crippen molar-refractivity contribution < 1.29 is 0 Å². The van der Waals surface area contributed by atoms with Gasteiger partial charge in [0.05, 0.1) is 6.04 Å². The Morgan fingerprint density at radius 2 is 1.78 bits per heavy atom. The van der Waals surface area contributed by atoms with Gasteiger partial charge < -0.3 is 5.32 Å². The van der Waals surface area contributed by atoms with Crippen LogP contribution in [-0.4, -0.2) is 7.05 Å². The van der Waals surface area contributed by atoms with Crippen molar-refractivity contribution in [2.45, 2.75) is 19.9 Å². The first kappa shape index (κ1) is 13.3. The lowest BCUT2D eigenvalue weighted by Crippen LogP contribution is -2.19. The zero-order valence-corrected chi connectivity index (χ0v) is 12.6. The third kappa shape index (κ3) is 2.65. The van der Waals surface area contributed by atoms with E-state index in [4.69, 9.17) is 0 Å². The van der Waals surface area contributed by atoms with Crippen LogP contribution in [0.3, 0.4) is 0 Å². The number of rotatable bonds is 3. The van der Waals surface area contributed by atoms with Gasteiger partial charge in [-0.3, -0.25) is 0 Å². The highest BCUT2D eigenvalue weighted by Gasteiger charge is 2.14. The molecule has 2 heteroatoms. The molecular weight excluding hydrogens is 286 g/mol. The minimum absolute atomic E-state index is 0.238. The predicted octanol–water partition coefficient (Wildman–Crippen LogP) is 4.37. The first-order valence-electron chi connectivity index (χ1n) is 6.12. The van der Waals surface area contributed by atoms with E-state index in [0.717, 1.165) is 4.47 Å². The molecule has 94 valence electrons. The third-order valence-corrected chi connectivity index (χ3v) is 3.92. The second-order valence-electron chi connectivity index (χ2n) is 4.57. The van der Waals surface area contributed by atoms with Gasteiger partial charge in [0, 0.05) is 4.47 Å². The zero-order chi connectivity index (χ0) is 13.1. The quantitative estimate of drug-likeness (QED) is 0.887. The molecule has 0 aromatic heterocycles. The van der Waals surface area contributed by atoms with Crippen molar-refractivity contribution in [1.29, 1.82) is 0 Å². The first-order chi connectivity index (χ1) is 8.63. The Hall–Kier alpha value is -1.12. The highest BCUT2D eigenvalue weighted by molar-refractivity contribution is 9.10. The lowest BCUT2D eigenvalue weighted by atomic mass is 9.93. The molecule has 0 aliphatic heterocycles. The van der Waals surface area contributed by atoms with E-state index < -0.39 is 0 Å². The van der Waals surface area contributed by atoms with Crippen molar-refractivity contribution in [2.75, 3.05) is 7.05 Å². The average molecular weight is 304 g/mol. The summed E-state index contributed by atoms with van der Waals surface area (Å²) in [5, 5.41) is 3.41. The molecule has 0 aliphatic carbocycles. The Morgan fingerprint density at radius 1 is 1.06 bits per heavy atom. The fourth-order valence-electron chi connectivity index (χ4n) is 2.27. The zero-order valence-electron chi connectivity index (χ0n) is 11.0. The number of hydrogen-bond acceptors (Lipinski definition) is 1. The number of nitrogens with one attached hydrogen (secondary N) is 1. The molecule has 0 heterocycles. The molecule has 0 fully saturated rings. The Kier molecular flexibility index (Phi) is 4.20. The van der Waals surface area contributed by atoms with Crippen molar-refractivity contribution in [3.63, 3.8) is 0 Å². The molecule has 1 atom stereocenters. The predicted molar refractivity (Wildman–Crippen MR) is 81.0 cm³/mol. The summed E-state index contributed by atoms with van der Waals surface area (Å²) in [6.07, 6.45) is 0. The molecule has 0 saturated carbocycles. The van der Waals surface area contributed by atoms with E-state index in [1.165, 1.54) is 22.3 Å². The van der Waals surface area contributed by atoms with Crippen LogP contribution in [0, 0.1) is 13.8 Å². The van der Waals surface area contributed by atoms with Crippen molar-refractivity contribution in [3.8, 4) is 0 Å². The molecule has 1 unspecified atom stereocenters. The lowest BCUT2D eigenvalue weighted by Gasteiger charge is -2.20. The third-order valence-electron chi connectivity index (χ3n) is 3.43. The summed E-state index contributed by atoms with van der Waals surface area (Å²) < 4.78 is 1.12. The van der Waals surface area contributed by atoms with E-state index in [0.29, 0.717) is 0 Å². The van der Waals surface area contributed by atoms with Crippen LogP contribution in [0.5, 0.6) is 0 Å². The Morgan fingerprint density at radius 3 is 2.44 bits per heavy atom. The van der Waals surface area contributed by atoms with E-state index in [-0.39, 0.29) is 6.04 Å². The monoisotopic (exact) mass is 303 g/mol. The van der Waals surface area contributed by atoms with Crippen molar-refractivity contribution in [3.05, 3.63) is 69.2 Å². The fraction of sp³-hybridized carbons (Fsp3) is 0.250. The van der Waals surface area contributed by atoms with Crippen molar-refractivity contribution in [2.24, 2.45) is 0 Å². The molecule has 0 spiro atoms. The molecule has 0 radical (unpaired) electrons. The van der Waals surface area contributed by atoms with Gasteiger partial charge in [-0.25, -0.2) is 0 Å². The van der Waals surface area contributed by atoms with Crippen molar-refractivity contribution in [1.82, 2.24) is 5.32 Å². The van der Waals surface area contributed by atoms with E-state index in [2.05, 4.69) is 77.6 Å². The van der Waals surface area contributed by atoms with Crippen LogP contribution in [0.15, 0.2) is 46.9 Å².